The monoisotopic (exact) mass is 466 g/mol. The van der Waals surface area contributed by atoms with E-state index in [4.69, 9.17) is 14.2 Å². The second kappa shape index (κ2) is 10.2. The quantitative estimate of drug-likeness (QED) is 0.513. The topological polar surface area (TPSA) is 98.5 Å². The first-order chi connectivity index (χ1) is 13.4. The van der Waals surface area contributed by atoms with Gasteiger partial charge in [-0.25, -0.2) is 9.78 Å². The molecule has 1 aromatic carbocycles. The fraction of sp³-hybridized carbons (Fsp3) is 0.368. The van der Waals surface area contributed by atoms with Gasteiger partial charge in [-0.05, 0) is 41.4 Å². The van der Waals surface area contributed by atoms with Gasteiger partial charge >= 0.3 is 5.97 Å². The van der Waals surface area contributed by atoms with Gasteiger partial charge < -0.3 is 14.2 Å². The highest BCUT2D eigenvalue weighted by molar-refractivity contribution is 9.10. The van der Waals surface area contributed by atoms with Crippen molar-refractivity contribution in [2.75, 3.05) is 20.3 Å². The first-order valence-electron chi connectivity index (χ1n) is 8.43. The lowest BCUT2D eigenvalue weighted by molar-refractivity contribution is -0.122. The second-order valence-electron chi connectivity index (χ2n) is 5.77. The molecule has 0 bridgehead atoms. The molecule has 0 aliphatic rings. The highest BCUT2D eigenvalue weighted by Gasteiger charge is 2.25. The molecule has 0 N–H and O–H groups in total. The van der Waals surface area contributed by atoms with Crippen molar-refractivity contribution in [3.8, 4) is 17.6 Å². The summed E-state index contributed by atoms with van der Waals surface area (Å²) in [5.41, 5.74) is 0.923. The number of hydrogen-bond acceptors (Lipinski definition) is 8. The standard InChI is InChI=1S/C19H19BrN2O5S/c1-4-5-26-17-14(20)6-12(7-16(17)25-3)19(24)27-9-15(23)13(8-21)18-22-11(2)10-28-18/h6-7,10,13H,4-5,9H2,1-3H3. The van der Waals surface area contributed by atoms with E-state index in [1.165, 1.54) is 30.6 Å². The number of Topliss-reactive ketones (excluding diaryl/α,β-unsaturated/α-hetero) is 1. The first kappa shape index (κ1) is 21.9. The van der Waals surface area contributed by atoms with E-state index in [0.717, 1.165) is 12.1 Å². The highest BCUT2D eigenvalue weighted by atomic mass is 79.9. The Kier molecular flexibility index (Phi) is 7.96. The van der Waals surface area contributed by atoms with Crippen molar-refractivity contribution in [3.63, 3.8) is 0 Å². The minimum absolute atomic E-state index is 0.193. The Morgan fingerprint density at radius 1 is 1.39 bits per heavy atom. The van der Waals surface area contributed by atoms with Crippen LogP contribution in [0.25, 0.3) is 0 Å². The van der Waals surface area contributed by atoms with Crippen molar-refractivity contribution in [2.45, 2.75) is 26.2 Å². The average Bonchev–Trinajstić information content (AvgIpc) is 3.10. The van der Waals surface area contributed by atoms with Crippen LogP contribution in [0.1, 0.15) is 40.3 Å². The molecular formula is C19H19BrN2O5S. The van der Waals surface area contributed by atoms with Gasteiger partial charge in [-0.15, -0.1) is 11.3 Å². The Balaban J connectivity index is 2.09. The number of halogens is 1. The number of nitriles is 1. The minimum Gasteiger partial charge on any atom is -0.493 e. The lowest BCUT2D eigenvalue weighted by Crippen LogP contribution is -2.20. The number of carbonyl (C=O) groups is 2. The number of nitrogens with zero attached hydrogens (tertiary/aromatic N) is 2. The highest BCUT2D eigenvalue weighted by Crippen LogP contribution is 2.37. The molecule has 1 unspecified atom stereocenters. The van der Waals surface area contributed by atoms with E-state index in [1.54, 1.807) is 12.3 Å². The predicted molar refractivity (Wildman–Crippen MR) is 107 cm³/mol. The number of benzene rings is 1. The zero-order valence-corrected chi connectivity index (χ0v) is 18.1. The van der Waals surface area contributed by atoms with Gasteiger partial charge in [0.1, 0.15) is 5.01 Å². The molecule has 0 spiro atoms. The van der Waals surface area contributed by atoms with Crippen molar-refractivity contribution >= 4 is 39.0 Å². The van der Waals surface area contributed by atoms with Crippen molar-refractivity contribution in [1.82, 2.24) is 4.98 Å². The van der Waals surface area contributed by atoms with Crippen LogP contribution in [0.5, 0.6) is 11.5 Å². The summed E-state index contributed by atoms with van der Waals surface area (Å²) in [6, 6.07) is 4.93. The second-order valence-corrected chi connectivity index (χ2v) is 7.51. The average molecular weight is 467 g/mol. The van der Waals surface area contributed by atoms with Crippen LogP contribution in [-0.2, 0) is 9.53 Å². The van der Waals surface area contributed by atoms with Crippen LogP contribution in [0, 0.1) is 18.3 Å². The molecule has 0 radical (unpaired) electrons. The van der Waals surface area contributed by atoms with E-state index < -0.39 is 24.3 Å². The van der Waals surface area contributed by atoms with Crippen LogP contribution in [0.2, 0.25) is 0 Å². The van der Waals surface area contributed by atoms with Gasteiger partial charge in [0.05, 0.1) is 29.8 Å². The maximum absolute atomic E-state index is 12.4. The molecule has 0 saturated heterocycles. The molecule has 0 fully saturated rings. The minimum atomic E-state index is -1.06. The van der Waals surface area contributed by atoms with Gasteiger partial charge in [0.25, 0.3) is 0 Å². The number of aromatic nitrogens is 1. The molecule has 0 aliphatic heterocycles. The lowest BCUT2D eigenvalue weighted by Gasteiger charge is -2.14. The number of ketones is 1. The SMILES string of the molecule is CCCOc1c(Br)cc(C(=O)OCC(=O)C(C#N)c2nc(C)cs2)cc1OC. The number of thiazole rings is 1. The molecule has 1 atom stereocenters. The van der Waals surface area contributed by atoms with Gasteiger partial charge in [0.15, 0.2) is 29.8 Å². The van der Waals surface area contributed by atoms with Gasteiger partial charge in [-0.2, -0.15) is 5.26 Å². The van der Waals surface area contributed by atoms with E-state index >= 15 is 0 Å². The molecular weight excluding hydrogens is 448 g/mol. The fourth-order valence-electron chi connectivity index (χ4n) is 2.25. The summed E-state index contributed by atoms with van der Waals surface area (Å²) in [5.74, 6) is -1.44. The Hall–Kier alpha value is -2.44. The molecule has 1 heterocycles. The molecule has 7 nitrogen and oxygen atoms in total. The van der Waals surface area contributed by atoms with Crippen LogP contribution in [0.4, 0.5) is 0 Å². The van der Waals surface area contributed by atoms with Crippen LogP contribution in [0.15, 0.2) is 22.0 Å². The summed E-state index contributed by atoms with van der Waals surface area (Å²) in [7, 11) is 1.47. The first-order valence-corrected chi connectivity index (χ1v) is 10.1. The van der Waals surface area contributed by atoms with Crippen molar-refractivity contribution in [3.05, 3.63) is 38.3 Å². The number of hydrogen-bond donors (Lipinski definition) is 0. The van der Waals surface area contributed by atoms with Gasteiger partial charge in [0.2, 0.25) is 0 Å². The molecule has 1 aromatic heterocycles. The van der Waals surface area contributed by atoms with Gasteiger partial charge in [-0.3, -0.25) is 4.79 Å². The summed E-state index contributed by atoms with van der Waals surface area (Å²) in [4.78, 5) is 28.8. The summed E-state index contributed by atoms with van der Waals surface area (Å²) < 4.78 is 16.5. The van der Waals surface area contributed by atoms with Crippen LogP contribution >= 0.6 is 27.3 Å². The summed E-state index contributed by atoms with van der Waals surface area (Å²) in [6.07, 6.45) is 0.820. The number of methoxy groups -OCH3 is 1. The number of rotatable bonds is 9. The Bertz CT molecular complexity index is 906. The van der Waals surface area contributed by atoms with Crippen molar-refractivity contribution in [2.24, 2.45) is 0 Å². The van der Waals surface area contributed by atoms with E-state index in [2.05, 4.69) is 20.9 Å². The van der Waals surface area contributed by atoms with Gasteiger partial charge in [-0.1, -0.05) is 6.92 Å². The normalized spacial score (nSPS) is 11.4. The van der Waals surface area contributed by atoms with Crippen molar-refractivity contribution in [1.29, 1.82) is 5.26 Å². The summed E-state index contributed by atoms with van der Waals surface area (Å²) >= 11 is 4.58. The third-order valence-electron chi connectivity index (χ3n) is 3.60. The summed E-state index contributed by atoms with van der Waals surface area (Å²) in [6.45, 7) is 3.73. The number of ether oxygens (including phenoxy) is 3. The summed E-state index contributed by atoms with van der Waals surface area (Å²) in [5, 5.41) is 11.4. The van der Waals surface area contributed by atoms with Crippen LogP contribution in [-0.4, -0.2) is 37.1 Å². The number of esters is 1. The molecule has 9 heteroatoms. The fourth-order valence-corrected chi connectivity index (χ4v) is 3.67. The predicted octanol–water partition coefficient (Wildman–Crippen LogP) is 4.04. The van der Waals surface area contributed by atoms with Gasteiger partial charge in [0, 0.05) is 11.1 Å². The Morgan fingerprint density at radius 2 is 2.14 bits per heavy atom. The molecule has 28 heavy (non-hydrogen) atoms. The van der Waals surface area contributed by atoms with E-state index in [9.17, 15) is 14.9 Å². The van der Waals surface area contributed by atoms with Crippen LogP contribution < -0.4 is 9.47 Å². The zero-order valence-electron chi connectivity index (χ0n) is 15.7. The lowest BCUT2D eigenvalue weighted by atomic mass is 10.1. The Morgan fingerprint density at radius 3 is 2.71 bits per heavy atom. The number of carbonyl (C=O) groups excluding carboxylic acids is 2. The van der Waals surface area contributed by atoms with E-state index in [0.29, 0.717) is 27.6 Å². The third-order valence-corrected chi connectivity index (χ3v) is 5.21. The zero-order chi connectivity index (χ0) is 20.7. The van der Waals surface area contributed by atoms with Crippen molar-refractivity contribution < 1.29 is 23.8 Å². The molecule has 0 aliphatic carbocycles. The number of aryl methyl sites for hydroxylation is 1. The molecule has 0 amide bonds. The largest absolute Gasteiger partial charge is 0.493 e. The maximum atomic E-state index is 12.4. The maximum Gasteiger partial charge on any atom is 0.338 e. The smallest absolute Gasteiger partial charge is 0.338 e. The van der Waals surface area contributed by atoms with Crippen LogP contribution in [0.3, 0.4) is 0 Å². The van der Waals surface area contributed by atoms with E-state index in [1.807, 2.05) is 13.0 Å². The third kappa shape index (κ3) is 5.30. The molecule has 0 saturated carbocycles. The Labute approximate surface area is 175 Å². The molecule has 2 aromatic rings. The van der Waals surface area contributed by atoms with E-state index in [-0.39, 0.29) is 5.56 Å². The molecule has 2 rings (SSSR count). The molecule has 148 valence electrons.